The summed E-state index contributed by atoms with van der Waals surface area (Å²) in [5, 5.41) is 5.91. The smallest absolute Gasteiger partial charge is 0.0719 e. The molecule has 0 fully saturated rings. The van der Waals surface area contributed by atoms with Crippen LogP contribution in [-0.2, 0) is 13.0 Å². The maximum Gasteiger partial charge on any atom is 0.0719 e. The van der Waals surface area contributed by atoms with Crippen molar-refractivity contribution in [3.63, 3.8) is 0 Å². The van der Waals surface area contributed by atoms with E-state index in [1.807, 2.05) is 10.7 Å². The fraction of sp³-hybridized carbons (Fsp3) is 0.500. The third-order valence-corrected chi connectivity index (χ3v) is 3.66. The Morgan fingerprint density at radius 2 is 2.21 bits per heavy atom. The lowest BCUT2D eigenvalue weighted by atomic mass is 10.0. The maximum atomic E-state index is 5.74. The van der Waals surface area contributed by atoms with Gasteiger partial charge >= 0.3 is 0 Å². The van der Waals surface area contributed by atoms with E-state index in [1.54, 1.807) is 0 Å². The average molecular weight is 281 g/mol. The number of nitrogens with two attached hydrogens (primary N) is 1. The molecule has 5 heteroatoms. The van der Waals surface area contributed by atoms with Crippen molar-refractivity contribution in [3.05, 3.63) is 30.0 Å². The van der Waals surface area contributed by atoms with E-state index < -0.39 is 0 Å². The maximum absolute atomic E-state index is 5.74. The molecule has 1 heterocycles. The van der Waals surface area contributed by atoms with E-state index in [4.69, 9.17) is 22.5 Å². The minimum absolute atomic E-state index is 0.224. The van der Waals surface area contributed by atoms with Gasteiger partial charge in [0.15, 0.2) is 0 Å². The summed E-state index contributed by atoms with van der Waals surface area (Å²) in [5.41, 5.74) is 5.16. The van der Waals surface area contributed by atoms with Crippen molar-refractivity contribution in [1.29, 1.82) is 0 Å². The third kappa shape index (κ3) is 3.26. The summed E-state index contributed by atoms with van der Waals surface area (Å²) in [6.07, 6.45) is 2.76. The number of hydrogen-bond acceptors (Lipinski definition) is 3. The molecule has 1 aromatic heterocycles. The fourth-order valence-corrected chi connectivity index (χ4v) is 2.54. The van der Waals surface area contributed by atoms with Gasteiger partial charge in [0.1, 0.15) is 0 Å². The first-order valence-electron chi connectivity index (χ1n) is 6.76. The molecule has 0 amide bonds. The van der Waals surface area contributed by atoms with Crippen LogP contribution in [0.25, 0.3) is 10.9 Å². The third-order valence-electron chi connectivity index (χ3n) is 3.40. The predicted octanol–water partition coefficient (Wildman–Crippen LogP) is 2.45. The average Bonchev–Trinajstić information content (AvgIpc) is 2.81. The number of aryl methyl sites for hydroxylation is 1. The van der Waals surface area contributed by atoms with Gasteiger partial charge in [-0.3, -0.25) is 16.0 Å². The quantitative estimate of drug-likeness (QED) is 0.465. The van der Waals surface area contributed by atoms with Crippen LogP contribution in [0.1, 0.15) is 25.5 Å². The van der Waals surface area contributed by atoms with Gasteiger partial charge < -0.3 is 0 Å². The topological polar surface area (TPSA) is 55.9 Å². The lowest BCUT2D eigenvalue weighted by Gasteiger charge is -2.13. The highest BCUT2D eigenvalue weighted by atomic mass is 35.5. The number of alkyl halides is 1. The number of nitrogens with one attached hydrogen (secondary N) is 1. The monoisotopic (exact) mass is 280 g/mol. The van der Waals surface area contributed by atoms with Crippen LogP contribution in [0.3, 0.4) is 0 Å². The van der Waals surface area contributed by atoms with Crippen molar-refractivity contribution in [2.45, 2.75) is 38.8 Å². The number of aromatic nitrogens is 2. The Morgan fingerprint density at radius 3 is 2.89 bits per heavy atom. The minimum Gasteiger partial charge on any atom is -0.271 e. The summed E-state index contributed by atoms with van der Waals surface area (Å²) < 4.78 is 2.04. The Bertz CT molecular complexity index is 523. The predicted molar refractivity (Wildman–Crippen MR) is 80.2 cm³/mol. The molecule has 0 saturated heterocycles. The van der Waals surface area contributed by atoms with Gasteiger partial charge in [-0.15, -0.1) is 11.6 Å². The molecule has 1 atom stereocenters. The summed E-state index contributed by atoms with van der Waals surface area (Å²) in [7, 11) is 0. The lowest BCUT2D eigenvalue weighted by molar-refractivity contribution is 0.480. The largest absolute Gasteiger partial charge is 0.271 e. The molecule has 0 radical (unpaired) electrons. The number of hydrogen-bond donors (Lipinski definition) is 2. The van der Waals surface area contributed by atoms with Crippen LogP contribution >= 0.6 is 11.6 Å². The molecular formula is C14H21ClN4. The standard InChI is InChI=1S/C14H21ClN4/c1-2-19-14-8-4-3-7-12(14)13(18-19)10-11(17-16)6-5-9-15/h3-4,7-8,11,17H,2,5-6,9-10,16H2,1H3. The minimum atomic E-state index is 0.224. The highest BCUT2D eigenvalue weighted by molar-refractivity contribution is 6.17. The molecule has 0 aliphatic heterocycles. The van der Waals surface area contributed by atoms with Crippen LogP contribution in [-0.4, -0.2) is 21.7 Å². The SMILES string of the molecule is CCn1nc(CC(CCCCl)NN)c2ccccc21. The van der Waals surface area contributed by atoms with Crippen LogP contribution in [0.5, 0.6) is 0 Å². The molecule has 0 bridgehead atoms. The summed E-state index contributed by atoms with van der Waals surface area (Å²) in [6.45, 7) is 2.98. The molecule has 0 aliphatic carbocycles. The van der Waals surface area contributed by atoms with Gasteiger partial charge in [0.2, 0.25) is 0 Å². The normalized spacial score (nSPS) is 13.0. The van der Waals surface area contributed by atoms with Crippen LogP contribution in [0.4, 0.5) is 0 Å². The number of para-hydroxylation sites is 1. The second kappa shape index (κ2) is 6.89. The van der Waals surface area contributed by atoms with Crippen LogP contribution in [0.15, 0.2) is 24.3 Å². The van der Waals surface area contributed by atoms with Crippen LogP contribution < -0.4 is 11.3 Å². The van der Waals surface area contributed by atoms with E-state index in [2.05, 4.69) is 30.5 Å². The van der Waals surface area contributed by atoms with Crippen LogP contribution in [0, 0.1) is 0 Å². The molecule has 1 unspecified atom stereocenters. The van der Waals surface area contributed by atoms with Gasteiger partial charge in [0, 0.05) is 30.3 Å². The number of hydrazine groups is 1. The van der Waals surface area contributed by atoms with Gasteiger partial charge in [-0.1, -0.05) is 18.2 Å². The molecule has 19 heavy (non-hydrogen) atoms. The van der Waals surface area contributed by atoms with Crippen molar-refractivity contribution >= 4 is 22.5 Å². The van der Waals surface area contributed by atoms with Gasteiger partial charge in [-0.2, -0.15) is 5.10 Å². The van der Waals surface area contributed by atoms with Gasteiger partial charge in [-0.25, -0.2) is 0 Å². The molecule has 4 nitrogen and oxygen atoms in total. The summed E-state index contributed by atoms with van der Waals surface area (Å²) in [4.78, 5) is 0. The first-order chi connectivity index (χ1) is 9.30. The first kappa shape index (κ1) is 14.3. The molecule has 2 rings (SSSR count). The highest BCUT2D eigenvalue weighted by Crippen LogP contribution is 2.20. The summed E-state index contributed by atoms with van der Waals surface area (Å²) in [6, 6.07) is 8.56. The Kier molecular flexibility index (Phi) is 5.19. The zero-order chi connectivity index (χ0) is 13.7. The van der Waals surface area contributed by atoms with E-state index >= 15 is 0 Å². The van der Waals surface area contributed by atoms with E-state index in [-0.39, 0.29) is 6.04 Å². The summed E-state index contributed by atoms with van der Waals surface area (Å²) >= 11 is 5.74. The number of fused-ring (bicyclic) bond motifs is 1. The number of nitrogens with zero attached hydrogens (tertiary/aromatic N) is 2. The van der Waals surface area contributed by atoms with Crippen molar-refractivity contribution in [1.82, 2.24) is 15.2 Å². The van der Waals surface area contributed by atoms with Gasteiger partial charge in [-0.05, 0) is 25.8 Å². The Labute approximate surface area is 118 Å². The lowest BCUT2D eigenvalue weighted by Crippen LogP contribution is -2.37. The second-order valence-corrected chi connectivity index (χ2v) is 5.06. The second-order valence-electron chi connectivity index (χ2n) is 4.68. The van der Waals surface area contributed by atoms with E-state index in [1.165, 1.54) is 10.9 Å². The number of halogens is 1. The molecule has 1 aromatic carbocycles. The van der Waals surface area contributed by atoms with Crippen molar-refractivity contribution < 1.29 is 0 Å². The number of benzene rings is 1. The molecule has 0 spiro atoms. The first-order valence-corrected chi connectivity index (χ1v) is 7.30. The van der Waals surface area contributed by atoms with E-state index in [9.17, 15) is 0 Å². The molecule has 3 N–H and O–H groups in total. The zero-order valence-corrected chi connectivity index (χ0v) is 12.0. The van der Waals surface area contributed by atoms with Crippen molar-refractivity contribution in [3.8, 4) is 0 Å². The van der Waals surface area contributed by atoms with E-state index in [0.717, 1.165) is 31.5 Å². The Morgan fingerprint density at radius 1 is 1.42 bits per heavy atom. The molecule has 2 aromatic rings. The van der Waals surface area contributed by atoms with Gasteiger partial charge in [0.25, 0.3) is 0 Å². The fourth-order valence-electron chi connectivity index (χ4n) is 2.39. The highest BCUT2D eigenvalue weighted by Gasteiger charge is 2.14. The van der Waals surface area contributed by atoms with Gasteiger partial charge in [0.05, 0.1) is 11.2 Å². The number of rotatable bonds is 7. The van der Waals surface area contributed by atoms with Crippen LogP contribution in [0.2, 0.25) is 0 Å². The molecule has 0 saturated carbocycles. The molecular weight excluding hydrogens is 260 g/mol. The Balaban J connectivity index is 2.24. The Hall–Kier alpha value is -1.10. The van der Waals surface area contributed by atoms with Crippen molar-refractivity contribution in [2.24, 2.45) is 5.84 Å². The van der Waals surface area contributed by atoms with Crippen molar-refractivity contribution in [2.75, 3.05) is 5.88 Å². The summed E-state index contributed by atoms with van der Waals surface area (Å²) in [5.74, 6) is 6.29. The molecule has 0 aliphatic rings. The van der Waals surface area contributed by atoms with E-state index in [0.29, 0.717) is 5.88 Å². The zero-order valence-electron chi connectivity index (χ0n) is 11.3. The molecule has 104 valence electrons.